The molecule has 2 aromatic carbocycles. The molecule has 1 aromatic heterocycles. The first kappa shape index (κ1) is 24.1. The van der Waals surface area contributed by atoms with E-state index in [4.69, 9.17) is 10.1 Å². The van der Waals surface area contributed by atoms with Gasteiger partial charge in [0.1, 0.15) is 5.69 Å². The van der Waals surface area contributed by atoms with Crippen molar-refractivity contribution in [3.05, 3.63) is 53.6 Å². The number of aromatic nitrogens is 2. The highest BCUT2D eigenvalue weighted by Crippen LogP contribution is 2.43. The Balaban J connectivity index is 1.20. The first-order valence-electron chi connectivity index (χ1n) is 12.8. The molecule has 3 aliphatic rings. The van der Waals surface area contributed by atoms with E-state index in [0.717, 1.165) is 43.0 Å². The number of nitrogens with zero attached hydrogens (tertiary/aromatic N) is 4. The molecule has 2 fully saturated rings. The van der Waals surface area contributed by atoms with Gasteiger partial charge in [-0.15, -0.1) is 0 Å². The van der Waals surface area contributed by atoms with Crippen molar-refractivity contribution in [1.82, 2.24) is 25.5 Å². The van der Waals surface area contributed by atoms with Gasteiger partial charge in [-0.05, 0) is 25.1 Å². The van der Waals surface area contributed by atoms with Crippen LogP contribution in [0.3, 0.4) is 0 Å². The maximum Gasteiger partial charge on any atom is 0.333 e. The number of nitrogens with one attached hydrogen (secondary N) is 4. The Kier molecular flexibility index (Phi) is 6.30. The fourth-order valence-electron chi connectivity index (χ4n) is 5.30. The number of amides is 2. The molecule has 2 amide bonds. The second kappa shape index (κ2) is 9.92. The predicted octanol–water partition coefficient (Wildman–Crippen LogP) is 2.78. The summed E-state index contributed by atoms with van der Waals surface area (Å²) in [6, 6.07) is 13.1. The van der Waals surface area contributed by atoms with Gasteiger partial charge in [0.2, 0.25) is 0 Å². The number of carbonyl (C=O) groups excluding carboxylic acids is 2. The van der Waals surface area contributed by atoms with Crippen LogP contribution in [0.15, 0.2) is 42.5 Å². The molecule has 3 heterocycles. The van der Waals surface area contributed by atoms with Crippen LogP contribution in [0.4, 0.5) is 16.2 Å². The van der Waals surface area contributed by atoms with Crippen molar-refractivity contribution in [3.8, 4) is 22.5 Å². The SMILES string of the molecule is CC(=N)N1CCN(c2ccc(-c3n[nH]c4c3C(=O)c3c(NC(=O)NN5CCOCC5)cccc3-4)cc2)CC1. The van der Waals surface area contributed by atoms with E-state index in [0.29, 0.717) is 60.3 Å². The Morgan fingerprint density at radius 2 is 1.74 bits per heavy atom. The zero-order chi connectivity index (χ0) is 26.2. The standard InChI is InChI=1S/C27H30N8O3/c1-17(28)33-9-11-34(12-10-33)19-7-5-18(6-8-19)24-23-25(31-30-24)20-3-2-4-21(22(20)26(23)36)29-27(37)32-35-13-15-38-16-14-35/h2-8,28H,9-16H2,1H3,(H,30,31)(H2,29,32,37). The van der Waals surface area contributed by atoms with E-state index in [9.17, 15) is 9.59 Å². The van der Waals surface area contributed by atoms with E-state index >= 15 is 0 Å². The van der Waals surface area contributed by atoms with Gasteiger partial charge in [-0.3, -0.25) is 20.7 Å². The Hall–Kier alpha value is -4.22. The fraction of sp³-hybridized carbons (Fsp3) is 0.333. The van der Waals surface area contributed by atoms with Crippen LogP contribution >= 0.6 is 0 Å². The number of amidine groups is 1. The van der Waals surface area contributed by atoms with Crippen molar-refractivity contribution in [3.63, 3.8) is 0 Å². The van der Waals surface area contributed by atoms with Gasteiger partial charge >= 0.3 is 6.03 Å². The van der Waals surface area contributed by atoms with Gasteiger partial charge in [0, 0.05) is 56.1 Å². The molecular formula is C27H30N8O3. The van der Waals surface area contributed by atoms with Crippen LogP contribution in [0.25, 0.3) is 22.5 Å². The largest absolute Gasteiger partial charge is 0.379 e. The Bertz CT molecular complexity index is 1390. The first-order valence-corrected chi connectivity index (χ1v) is 12.8. The number of hydrazine groups is 1. The van der Waals surface area contributed by atoms with E-state index in [2.05, 4.69) is 42.9 Å². The predicted molar refractivity (Wildman–Crippen MR) is 145 cm³/mol. The molecular weight excluding hydrogens is 484 g/mol. The molecule has 0 saturated carbocycles. The van der Waals surface area contributed by atoms with Gasteiger partial charge in [-0.2, -0.15) is 5.10 Å². The number of ketones is 1. The zero-order valence-electron chi connectivity index (χ0n) is 21.2. The van der Waals surface area contributed by atoms with Crippen molar-refractivity contribution in [2.24, 2.45) is 0 Å². The molecule has 6 rings (SSSR count). The first-order chi connectivity index (χ1) is 18.5. The summed E-state index contributed by atoms with van der Waals surface area (Å²) < 4.78 is 5.32. The van der Waals surface area contributed by atoms with Crippen LogP contribution in [0.5, 0.6) is 0 Å². The highest BCUT2D eigenvalue weighted by molar-refractivity contribution is 6.26. The normalized spacial score (nSPS) is 17.2. The van der Waals surface area contributed by atoms with E-state index < -0.39 is 6.03 Å². The minimum atomic E-state index is -0.394. The number of aromatic amines is 1. The number of carbonyl (C=O) groups is 2. The number of piperazine rings is 1. The number of hydrogen-bond donors (Lipinski definition) is 4. The van der Waals surface area contributed by atoms with Gasteiger partial charge in [0.15, 0.2) is 5.78 Å². The lowest BCUT2D eigenvalue weighted by molar-refractivity contribution is 0.0207. The van der Waals surface area contributed by atoms with Gasteiger partial charge in [-0.25, -0.2) is 9.80 Å². The third-order valence-corrected chi connectivity index (χ3v) is 7.33. The molecule has 38 heavy (non-hydrogen) atoms. The number of H-pyrrole nitrogens is 1. The fourth-order valence-corrected chi connectivity index (χ4v) is 5.30. The topological polar surface area (TPSA) is 130 Å². The maximum absolute atomic E-state index is 13.6. The smallest absolute Gasteiger partial charge is 0.333 e. The number of rotatable bonds is 4. The van der Waals surface area contributed by atoms with Crippen LogP contribution in [0, 0.1) is 5.41 Å². The Labute approximate surface area is 220 Å². The molecule has 3 aromatic rings. The number of fused-ring (bicyclic) bond motifs is 3. The summed E-state index contributed by atoms with van der Waals surface area (Å²) in [5.74, 6) is 0.442. The highest BCUT2D eigenvalue weighted by atomic mass is 16.5. The van der Waals surface area contributed by atoms with Crippen molar-refractivity contribution in [2.45, 2.75) is 6.92 Å². The van der Waals surface area contributed by atoms with Crippen molar-refractivity contribution >= 4 is 29.0 Å². The number of hydrogen-bond acceptors (Lipinski definition) is 7. The molecule has 2 aliphatic heterocycles. The summed E-state index contributed by atoms with van der Waals surface area (Å²) in [5.41, 5.74) is 8.21. The van der Waals surface area contributed by atoms with E-state index in [1.165, 1.54) is 0 Å². The van der Waals surface area contributed by atoms with Crippen LogP contribution in [-0.2, 0) is 4.74 Å². The van der Waals surface area contributed by atoms with Crippen LogP contribution in [0.2, 0.25) is 0 Å². The summed E-state index contributed by atoms with van der Waals surface area (Å²) in [4.78, 5) is 30.7. The van der Waals surface area contributed by atoms with Crippen molar-refractivity contribution in [2.75, 3.05) is 62.7 Å². The molecule has 0 spiro atoms. The Morgan fingerprint density at radius 3 is 2.45 bits per heavy atom. The van der Waals surface area contributed by atoms with E-state index in [1.807, 2.05) is 31.2 Å². The summed E-state index contributed by atoms with van der Waals surface area (Å²) in [6.07, 6.45) is 0. The van der Waals surface area contributed by atoms with Gasteiger partial charge in [0.25, 0.3) is 0 Å². The lowest BCUT2D eigenvalue weighted by atomic mass is 10.0. The number of ether oxygens (including phenoxy) is 1. The molecule has 4 N–H and O–H groups in total. The summed E-state index contributed by atoms with van der Waals surface area (Å²) in [5, 5.41) is 20.0. The van der Waals surface area contributed by atoms with Gasteiger partial charge < -0.3 is 19.9 Å². The van der Waals surface area contributed by atoms with Crippen LogP contribution in [0.1, 0.15) is 22.8 Å². The van der Waals surface area contributed by atoms with E-state index in [-0.39, 0.29) is 5.78 Å². The summed E-state index contributed by atoms with van der Waals surface area (Å²) >= 11 is 0. The summed E-state index contributed by atoms with van der Waals surface area (Å²) in [7, 11) is 0. The second-order valence-electron chi connectivity index (χ2n) is 9.65. The van der Waals surface area contributed by atoms with Crippen molar-refractivity contribution in [1.29, 1.82) is 5.41 Å². The molecule has 2 saturated heterocycles. The maximum atomic E-state index is 13.6. The molecule has 0 unspecified atom stereocenters. The highest BCUT2D eigenvalue weighted by Gasteiger charge is 2.35. The van der Waals surface area contributed by atoms with E-state index in [1.54, 1.807) is 11.1 Å². The second-order valence-corrected chi connectivity index (χ2v) is 9.65. The molecule has 1 aliphatic carbocycles. The number of benzene rings is 2. The third kappa shape index (κ3) is 4.39. The molecule has 196 valence electrons. The molecule has 11 nitrogen and oxygen atoms in total. The summed E-state index contributed by atoms with van der Waals surface area (Å²) in [6.45, 7) is 7.54. The molecule has 0 radical (unpaired) electrons. The van der Waals surface area contributed by atoms with Gasteiger partial charge in [0.05, 0.1) is 41.6 Å². The quantitative estimate of drug-likeness (QED) is 0.243. The minimum Gasteiger partial charge on any atom is -0.379 e. The number of morpholine rings is 1. The lowest BCUT2D eigenvalue weighted by Crippen LogP contribution is -2.49. The van der Waals surface area contributed by atoms with Crippen molar-refractivity contribution < 1.29 is 14.3 Å². The molecule has 0 bridgehead atoms. The molecule has 11 heteroatoms. The Morgan fingerprint density at radius 1 is 1.00 bits per heavy atom. The number of urea groups is 1. The van der Waals surface area contributed by atoms with Gasteiger partial charge in [-0.1, -0.05) is 24.3 Å². The monoisotopic (exact) mass is 514 g/mol. The average Bonchev–Trinajstić information content (AvgIpc) is 3.49. The van der Waals surface area contributed by atoms with Crippen LogP contribution < -0.4 is 15.6 Å². The lowest BCUT2D eigenvalue weighted by Gasteiger charge is -2.36. The minimum absolute atomic E-state index is 0.164. The third-order valence-electron chi connectivity index (χ3n) is 7.33. The average molecular weight is 515 g/mol. The number of anilines is 2. The molecule has 0 atom stereocenters. The zero-order valence-corrected chi connectivity index (χ0v) is 21.2. The van der Waals surface area contributed by atoms with Crippen LogP contribution in [-0.4, -0.2) is 90.2 Å².